The molecular weight excluding hydrogens is 359 g/mol. The number of rotatable bonds is 3. The summed E-state index contributed by atoms with van der Waals surface area (Å²) in [5.41, 5.74) is 3.59. The Balaban J connectivity index is 1.73. The summed E-state index contributed by atoms with van der Waals surface area (Å²) in [7, 11) is 0. The van der Waals surface area contributed by atoms with Gasteiger partial charge in [0.2, 0.25) is 11.8 Å². The van der Waals surface area contributed by atoms with Crippen molar-refractivity contribution >= 4 is 46.4 Å². The van der Waals surface area contributed by atoms with E-state index in [0.717, 1.165) is 16.8 Å². The smallest absolute Gasteiger partial charge is 0.229 e. The van der Waals surface area contributed by atoms with Gasteiger partial charge in [-0.2, -0.15) is 0 Å². The van der Waals surface area contributed by atoms with Crippen LogP contribution in [-0.2, 0) is 9.59 Å². The van der Waals surface area contributed by atoms with E-state index < -0.39 is 5.92 Å². The quantitative estimate of drug-likeness (QED) is 0.850. The Morgan fingerprint density at radius 1 is 1.12 bits per heavy atom. The first-order valence-electron chi connectivity index (χ1n) is 7.98. The van der Waals surface area contributed by atoms with E-state index in [4.69, 9.17) is 23.2 Å². The number of halogens is 2. The summed E-state index contributed by atoms with van der Waals surface area (Å²) in [6.45, 7) is 4.32. The highest BCUT2D eigenvalue weighted by molar-refractivity contribution is 6.36. The Kier molecular flexibility index (Phi) is 5.02. The Morgan fingerprint density at radius 2 is 1.88 bits per heavy atom. The molecule has 1 saturated heterocycles. The minimum Gasteiger partial charge on any atom is -0.326 e. The van der Waals surface area contributed by atoms with E-state index in [2.05, 4.69) is 5.32 Å². The normalized spacial score (nSPS) is 17.0. The second-order valence-corrected chi connectivity index (χ2v) is 7.13. The molecule has 1 aliphatic rings. The zero-order chi connectivity index (χ0) is 18.1. The number of nitrogens with one attached hydrogen (secondary N) is 1. The van der Waals surface area contributed by atoms with Crippen molar-refractivity contribution in [2.24, 2.45) is 5.92 Å². The van der Waals surface area contributed by atoms with Crippen LogP contribution in [-0.4, -0.2) is 18.4 Å². The minimum absolute atomic E-state index is 0.121. The van der Waals surface area contributed by atoms with Crippen molar-refractivity contribution in [3.63, 3.8) is 0 Å². The molecule has 1 unspecified atom stereocenters. The molecule has 2 amide bonds. The molecule has 1 aliphatic heterocycles. The summed E-state index contributed by atoms with van der Waals surface area (Å²) in [6.07, 6.45) is 0.162. The summed E-state index contributed by atoms with van der Waals surface area (Å²) in [5.74, 6) is -0.700. The van der Waals surface area contributed by atoms with Gasteiger partial charge in [0.25, 0.3) is 0 Å². The van der Waals surface area contributed by atoms with Crippen LogP contribution in [0.2, 0.25) is 10.0 Å². The standard InChI is InChI=1S/C19H18Cl2N2O2/c1-11-3-5-15(7-12(11)2)22-19(25)13-8-18(24)23(10-13)17-6-4-14(20)9-16(17)21/h3-7,9,13H,8,10H2,1-2H3,(H,22,25). The van der Waals surface area contributed by atoms with Crippen molar-refractivity contribution in [2.75, 3.05) is 16.8 Å². The molecule has 3 rings (SSSR count). The molecule has 0 bridgehead atoms. The van der Waals surface area contributed by atoms with Gasteiger partial charge in [-0.3, -0.25) is 9.59 Å². The van der Waals surface area contributed by atoms with Crippen LogP contribution < -0.4 is 10.2 Å². The van der Waals surface area contributed by atoms with E-state index in [-0.39, 0.29) is 18.2 Å². The highest BCUT2D eigenvalue weighted by atomic mass is 35.5. The summed E-state index contributed by atoms with van der Waals surface area (Å²) < 4.78 is 0. The fourth-order valence-electron chi connectivity index (χ4n) is 2.88. The van der Waals surface area contributed by atoms with Gasteiger partial charge in [0, 0.05) is 23.7 Å². The molecule has 4 nitrogen and oxygen atoms in total. The Labute approximate surface area is 156 Å². The summed E-state index contributed by atoms with van der Waals surface area (Å²) in [5, 5.41) is 3.80. The lowest BCUT2D eigenvalue weighted by molar-refractivity contribution is -0.122. The van der Waals surface area contributed by atoms with Crippen molar-refractivity contribution < 1.29 is 9.59 Å². The molecule has 6 heteroatoms. The number of carbonyl (C=O) groups excluding carboxylic acids is 2. The monoisotopic (exact) mass is 376 g/mol. The number of benzene rings is 2. The number of hydrogen-bond donors (Lipinski definition) is 1. The topological polar surface area (TPSA) is 49.4 Å². The van der Waals surface area contributed by atoms with Gasteiger partial charge < -0.3 is 10.2 Å². The number of nitrogens with zero attached hydrogens (tertiary/aromatic N) is 1. The van der Waals surface area contributed by atoms with Gasteiger partial charge in [-0.1, -0.05) is 29.3 Å². The van der Waals surface area contributed by atoms with Gasteiger partial charge in [-0.25, -0.2) is 0 Å². The predicted octanol–water partition coefficient (Wildman–Crippen LogP) is 4.60. The lowest BCUT2D eigenvalue weighted by Gasteiger charge is -2.18. The molecule has 0 radical (unpaired) electrons. The molecule has 0 aromatic heterocycles. The van der Waals surface area contributed by atoms with Gasteiger partial charge in [0.15, 0.2) is 0 Å². The van der Waals surface area contributed by atoms with Crippen LogP contribution in [0.1, 0.15) is 17.5 Å². The minimum atomic E-state index is -0.416. The molecule has 0 spiro atoms. The largest absolute Gasteiger partial charge is 0.326 e. The van der Waals surface area contributed by atoms with Crippen LogP contribution in [0.5, 0.6) is 0 Å². The fourth-order valence-corrected chi connectivity index (χ4v) is 3.39. The van der Waals surface area contributed by atoms with Crippen LogP contribution in [0.15, 0.2) is 36.4 Å². The first-order valence-corrected chi connectivity index (χ1v) is 8.74. The van der Waals surface area contributed by atoms with E-state index in [9.17, 15) is 9.59 Å². The lowest BCUT2D eigenvalue weighted by atomic mass is 10.1. The van der Waals surface area contributed by atoms with Gasteiger partial charge in [0.05, 0.1) is 16.6 Å². The van der Waals surface area contributed by atoms with E-state index in [1.807, 2.05) is 32.0 Å². The maximum Gasteiger partial charge on any atom is 0.229 e. The second kappa shape index (κ2) is 7.06. The predicted molar refractivity (Wildman–Crippen MR) is 101 cm³/mol. The average Bonchev–Trinajstić information content (AvgIpc) is 2.93. The second-order valence-electron chi connectivity index (χ2n) is 6.29. The zero-order valence-electron chi connectivity index (χ0n) is 14.0. The van der Waals surface area contributed by atoms with Crippen LogP contribution in [0.25, 0.3) is 0 Å². The number of hydrogen-bond acceptors (Lipinski definition) is 2. The molecule has 2 aromatic rings. The number of carbonyl (C=O) groups is 2. The third kappa shape index (κ3) is 3.80. The van der Waals surface area contributed by atoms with Gasteiger partial charge in [-0.15, -0.1) is 0 Å². The lowest BCUT2D eigenvalue weighted by Crippen LogP contribution is -2.28. The Morgan fingerprint density at radius 3 is 2.56 bits per heavy atom. The highest BCUT2D eigenvalue weighted by Crippen LogP contribution is 2.33. The van der Waals surface area contributed by atoms with Crippen LogP contribution in [0.3, 0.4) is 0 Å². The van der Waals surface area contributed by atoms with Crippen molar-refractivity contribution in [3.05, 3.63) is 57.6 Å². The first-order chi connectivity index (χ1) is 11.8. The molecule has 0 aliphatic carbocycles. The number of amides is 2. The Bertz CT molecular complexity index is 851. The van der Waals surface area contributed by atoms with E-state index in [1.165, 1.54) is 0 Å². The van der Waals surface area contributed by atoms with Gasteiger partial charge in [-0.05, 0) is 55.3 Å². The van der Waals surface area contributed by atoms with Crippen molar-refractivity contribution in [2.45, 2.75) is 20.3 Å². The maximum atomic E-state index is 12.5. The first kappa shape index (κ1) is 17.8. The van der Waals surface area contributed by atoms with Crippen LogP contribution in [0, 0.1) is 19.8 Å². The summed E-state index contributed by atoms with van der Waals surface area (Å²) in [6, 6.07) is 10.7. The molecule has 1 heterocycles. The van der Waals surface area contributed by atoms with Gasteiger partial charge >= 0.3 is 0 Å². The van der Waals surface area contributed by atoms with E-state index in [1.54, 1.807) is 23.1 Å². The van der Waals surface area contributed by atoms with E-state index in [0.29, 0.717) is 22.3 Å². The third-order valence-corrected chi connectivity index (χ3v) is 5.01. The molecule has 1 atom stereocenters. The van der Waals surface area contributed by atoms with Crippen LogP contribution in [0.4, 0.5) is 11.4 Å². The molecule has 1 fully saturated rings. The van der Waals surface area contributed by atoms with Crippen molar-refractivity contribution in [1.82, 2.24) is 0 Å². The number of anilines is 2. The molecule has 1 N–H and O–H groups in total. The zero-order valence-corrected chi connectivity index (χ0v) is 15.5. The van der Waals surface area contributed by atoms with Gasteiger partial charge in [0.1, 0.15) is 0 Å². The molecule has 2 aromatic carbocycles. The molecule has 130 valence electrons. The molecular formula is C19H18Cl2N2O2. The molecule has 25 heavy (non-hydrogen) atoms. The van der Waals surface area contributed by atoms with E-state index >= 15 is 0 Å². The summed E-state index contributed by atoms with van der Waals surface area (Å²) in [4.78, 5) is 26.4. The third-order valence-electron chi connectivity index (χ3n) is 4.47. The van der Waals surface area contributed by atoms with Crippen molar-refractivity contribution in [3.8, 4) is 0 Å². The molecule has 0 saturated carbocycles. The Hall–Kier alpha value is -2.04. The number of aryl methyl sites for hydroxylation is 2. The SMILES string of the molecule is Cc1ccc(NC(=O)C2CC(=O)N(c3ccc(Cl)cc3Cl)C2)cc1C. The fraction of sp³-hybridized carbons (Fsp3) is 0.263. The van der Waals surface area contributed by atoms with Crippen LogP contribution >= 0.6 is 23.2 Å². The average molecular weight is 377 g/mol. The van der Waals surface area contributed by atoms with Crippen molar-refractivity contribution in [1.29, 1.82) is 0 Å². The maximum absolute atomic E-state index is 12.5. The highest BCUT2D eigenvalue weighted by Gasteiger charge is 2.36. The summed E-state index contributed by atoms with van der Waals surface area (Å²) >= 11 is 12.1.